The Labute approximate surface area is 119 Å². The molecule has 0 bridgehead atoms. The molecule has 1 aromatic rings. The molecule has 7 heteroatoms. The standard InChI is InChI=1S/C13H20N2O4S/c1-14(2)8-7-12(16)11-6-5-10(9-13(11)17)15(3)20(4,18)19/h5-9,12,16-17H,1-4H3/b8-7+. The number of benzene rings is 1. The number of phenols is 1. The van der Waals surface area contributed by atoms with Crippen LogP contribution in [0.25, 0.3) is 0 Å². The minimum atomic E-state index is -3.39. The first kappa shape index (κ1) is 16.3. The monoisotopic (exact) mass is 300 g/mol. The number of hydrogen-bond acceptors (Lipinski definition) is 5. The summed E-state index contributed by atoms with van der Waals surface area (Å²) >= 11 is 0. The third-order valence-electron chi connectivity index (χ3n) is 2.76. The zero-order chi connectivity index (χ0) is 15.5. The summed E-state index contributed by atoms with van der Waals surface area (Å²) in [6.07, 6.45) is 3.30. The summed E-state index contributed by atoms with van der Waals surface area (Å²) in [6, 6.07) is 4.34. The minimum absolute atomic E-state index is 0.158. The highest BCUT2D eigenvalue weighted by Gasteiger charge is 2.15. The average Bonchev–Trinajstić information content (AvgIpc) is 2.33. The van der Waals surface area contributed by atoms with Gasteiger partial charge in [-0.1, -0.05) is 6.07 Å². The largest absolute Gasteiger partial charge is 0.507 e. The maximum atomic E-state index is 11.4. The zero-order valence-electron chi connectivity index (χ0n) is 12.0. The van der Waals surface area contributed by atoms with Crippen LogP contribution in [-0.2, 0) is 10.0 Å². The maximum Gasteiger partial charge on any atom is 0.231 e. The van der Waals surface area contributed by atoms with Gasteiger partial charge < -0.3 is 15.1 Å². The zero-order valence-corrected chi connectivity index (χ0v) is 12.8. The molecular weight excluding hydrogens is 280 g/mol. The van der Waals surface area contributed by atoms with E-state index in [9.17, 15) is 18.6 Å². The van der Waals surface area contributed by atoms with Gasteiger partial charge in [0.15, 0.2) is 0 Å². The van der Waals surface area contributed by atoms with Gasteiger partial charge >= 0.3 is 0 Å². The Hall–Kier alpha value is -1.73. The summed E-state index contributed by atoms with van der Waals surface area (Å²) in [6.45, 7) is 0. The lowest BCUT2D eigenvalue weighted by Crippen LogP contribution is -2.24. The maximum absolute atomic E-state index is 11.4. The topological polar surface area (TPSA) is 81.1 Å². The predicted molar refractivity (Wildman–Crippen MR) is 79.1 cm³/mol. The smallest absolute Gasteiger partial charge is 0.231 e. The Morgan fingerprint density at radius 2 is 1.85 bits per heavy atom. The van der Waals surface area contributed by atoms with Crippen LogP contribution in [0.2, 0.25) is 0 Å². The average molecular weight is 300 g/mol. The van der Waals surface area contributed by atoms with Crippen LogP contribution in [0.4, 0.5) is 5.69 Å². The number of aromatic hydroxyl groups is 1. The summed E-state index contributed by atoms with van der Waals surface area (Å²) in [4.78, 5) is 1.76. The number of phenolic OH excluding ortho intramolecular Hbond substituents is 1. The molecule has 1 atom stereocenters. The Morgan fingerprint density at radius 1 is 1.25 bits per heavy atom. The Kier molecular flexibility index (Phi) is 5.02. The molecule has 1 unspecified atom stereocenters. The summed E-state index contributed by atoms with van der Waals surface area (Å²) in [5.41, 5.74) is 0.645. The Morgan fingerprint density at radius 3 is 2.30 bits per heavy atom. The lowest BCUT2D eigenvalue weighted by molar-refractivity contribution is 0.222. The number of hydrogen-bond donors (Lipinski definition) is 2. The van der Waals surface area contributed by atoms with Crippen molar-refractivity contribution in [3.8, 4) is 5.75 Å². The molecule has 0 fully saturated rings. The molecule has 0 spiro atoms. The second-order valence-electron chi connectivity index (χ2n) is 4.72. The van der Waals surface area contributed by atoms with Crippen molar-refractivity contribution in [2.75, 3.05) is 31.7 Å². The van der Waals surface area contributed by atoms with Gasteiger partial charge in [0.1, 0.15) is 11.9 Å². The van der Waals surface area contributed by atoms with E-state index in [1.165, 1.54) is 31.3 Å². The van der Waals surface area contributed by atoms with Crippen LogP contribution in [0.1, 0.15) is 11.7 Å². The summed E-state index contributed by atoms with van der Waals surface area (Å²) in [5.74, 6) is -0.158. The van der Waals surface area contributed by atoms with Crippen LogP contribution in [0, 0.1) is 0 Å². The van der Waals surface area contributed by atoms with E-state index in [1.807, 2.05) is 14.1 Å². The van der Waals surface area contributed by atoms with E-state index in [0.717, 1.165) is 10.6 Å². The van der Waals surface area contributed by atoms with Crippen molar-refractivity contribution in [2.45, 2.75) is 6.10 Å². The van der Waals surface area contributed by atoms with Crippen molar-refractivity contribution in [1.82, 2.24) is 4.90 Å². The molecule has 1 rings (SSSR count). The molecule has 0 heterocycles. The molecule has 0 aliphatic rings. The van der Waals surface area contributed by atoms with Crippen molar-refractivity contribution < 1.29 is 18.6 Å². The summed E-state index contributed by atoms with van der Waals surface area (Å²) in [7, 11) is 1.63. The lowest BCUT2D eigenvalue weighted by Gasteiger charge is -2.18. The molecule has 0 saturated carbocycles. The molecule has 1 aromatic carbocycles. The van der Waals surface area contributed by atoms with E-state index in [2.05, 4.69) is 0 Å². The molecule has 0 aliphatic carbocycles. The van der Waals surface area contributed by atoms with E-state index in [4.69, 9.17) is 0 Å². The van der Waals surface area contributed by atoms with E-state index in [-0.39, 0.29) is 5.75 Å². The van der Waals surface area contributed by atoms with E-state index in [1.54, 1.807) is 11.1 Å². The van der Waals surface area contributed by atoms with Gasteiger partial charge in [0, 0.05) is 32.8 Å². The predicted octanol–water partition coefficient (Wildman–Crippen LogP) is 0.897. The number of rotatable bonds is 5. The van der Waals surface area contributed by atoms with Crippen molar-refractivity contribution in [3.05, 3.63) is 36.0 Å². The number of sulfonamides is 1. The van der Waals surface area contributed by atoms with Crippen LogP contribution in [0.3, 0.4) is 0 Å². The SMILES string of the molecule is CN(C)/C=C/C(O)c1ccc(N(C)S(C)(=O)=O)cc1O. The molecule has 0 amide bonds. The number of anilines is 1. The van der Waals surface area contributed by atoms with Crippen LogP contribution in [-0.4, -0.2) is 50.9 Å². The first-order valence-electron chi connectivity index (χ1n) is 5.92. The highest BCUT2D eigenvalue weighted by atomic mass is 32.2. The second-order valence-corrected chi connectivity index (χ2v) is 6.74. The summed E-state index contributed by atoms with van der Waals surface area (Å²) in [5, 5.41) is 19.8. The van der Waals surface area contributed by atoms with Gasteiger partial charge in [-0.05, 0) is 18.3 Å². The molecule has 20 heavy (non-hydrogen) atoms. The van der Waals surface area contributed by atoms with Gasteiger partial charge in [0.25, 0.3) is 0 Å². The summed E-state index contributed by atoms with van der Waals surface area (Å²) < 4.78 is 23.9. The molecule has 0 saturated heterocycles. The van der Waals surface area contributed by atoms with Crippen LogP contribution < -0.4 is 4.31 Å². The quantitative estimate of drug-likeness (QED) is 0.844. The van der Waals surface area contributed by atoms with Gasteiger partial charge in [-0.15, -0.1) is 0 Å². The van der Waals surface area contributed by atoms with Crippen molar-refractivity contribution in [3.63, 3.8) is 0 Å². The van der Waals surface area contributed by atoms with E-state index in [0.29, 0.717) is 11.3 Å². The van der Waals surface area contributed by atoms with Gasteiger partial charge in [0.05, 0.1) is 11.9 Å². The fourth-order valence-corrected chi connectivity index (χ4v) is 2.02. The van der Waals surface area contributed by atoms with E-state index < -0.39 is 16.1 Å². The highest BCUT2D eigenvalue weighted by Crippen LogP contribution is 2.30. The molecule has 2 N–H and O–H groups in total. The van der Waals surface area contributed by atoms with Gasteiger partial charge in [0.2, 0.25) is 10.0 Å². The first-order chi connectivity index (χ1) is 9.12. The van der Waals surface area contributed by atoms with Crippen molar-refractivity contribution in [2.24, 2.45) is 0 Å². The Bertz CT molecular complexity index is 596. The lowest BCUT2D eigenvalue weighted by atomic mass is 10.1. The van der Waals surface area contributed by atoms with Gasteiger partial charge in [-0.25, -0.2) is 8.42 Å². The Balaban J connectivity index is 3.05. The number of nitrogens with zero attached hydrogens (tertiary/aromatic N) is 2. The van der Waals surface area contributed by atoms with Gasteiger partial charge in [-0.3, -0.25) is 4.31 Å². The van der Waals surface area contributed by atoms with Crippen LogP contribution in [0.5, 0.6) is 5.75 Å². The molecule has 0 radical (unpaired) electrons. The number of aliphatic hydroxyl groups is 1. The molecule has 0 aliphatic heterocycles. The van der Waals surface area contributed by atoms with Crippen LogP contribution >= 0.6 is 0 Å². The molecular formula is C13H20N2O4S. The van der Waals surface area contributed by atoms with Crippen molar-refractivity contribution in [1.29, 1.82) is 0 Å². The third-order valence-corrected chi connectivity index (χ3v) is 3.97. The van der Waals surface area contributed by atoms with Crippen LogP contribution in [0.15, 0.2) is 30.5 Å². The second kappa shape index (κ2) is 6.15. The van der Waals surface area contributed by atoms with E-state index >= 15 is 0 Å². The molecule has 6 nitrogen and oxygen atoms in total. The highest BCUT2D eigenvalue weighted by molar-refractivity contribution is 7.92. The minimum Gasteiger partial charge on any atom is -0.507 e. The van der Waals surface area contributed by atoms with Crippen molar-refractivity contribution >= 4 is 15.7 Å². The normalized spacial score (nSPS) is 13.4. The fourth-order valence-electron chi connectivity index (χ4n) is 1.53. The fraction of sp³-hybridized carbons (Fsp3) is 0.385. The molecule has 0 aromatic heterocycles. The number of aliphatic hydroxyl groups excluding tert-OH is 1. The third kappa shape index (κ3) is 4.14. The van der Waals surface area contributed by atoms with Gasteiger partial charge in [-0.2, -0.15) is 0 Å². The first-order valence-corrected chi connectivity index (χ1v) is 7.77. The molecule has 112 valence electrons.